The molecule has 3 N–H and O–H groups in total. The highest BCUT2D eigenvalue weighted by Gasteiger charge is 2.15. The second-order valence-electron chi connectivity index (χ2n) is 2.29. The number of thioether (sulfide) groups is 1. The van der Waals surface area contributed by atoms with E-state index in [0.29, 0.717) is 16.9 Å². The van der Waals surface area contributed by atoms with E-state index in [1.54, 1.807) is 12.4 Å². The predicted molar refractivity (Wildman–Crippen MR) is 48.1 cm³/mol. The van der Waals surface area contributed by atoms with Crippen molar-refractivity contribution in [3.05, 3.63) is 12.4 Å². The third-order valence-electron chi connectivity index (χ3n) is 1.36. The number of anilines is 1. The number of hydrogen-bond donors (Lipinski definition) is 3. The molecule has 12 heavy (non-hydrogen) atoms. The van der Waals surface area contributed by atoms with Crippen LogP contribution in [0, 0.1) is 0 Å². The summed E-state index contributed by atoms with van der Waals surface area (Å²) in [5.41, 5.74) is 0. The number of rotatable bonds is 1. The van der Waals surface area contributed by atoms with Crippen molar-refractivity contribution < 1.29 is 5.11 Å². The fraction of sp³-hybridized carbons (Fsp3) is 0.333. The number of aliphatic hydroxyl groups excluding tert-OH is 1. The SMILES string of the molecule is OC1CSC(Nc2ncc[nH]2)=N1. The van der Waals surface area contributed by atoms with E-state index in [4.69, 9.17) is 5.11 Å². The normalized spacial score (nSPS) is 22.4. The van der Waals surface area contributed by atoms with E-state index in [9.17, 15) is 0 Å². The number of aromatic nitrogens is 2. The molecular weight excluding hydrogens is 176 g/mol. The Morgan fingerprint density at radius 2 is 2.67 bits per heavy atom. The summed E-state index contributed by atoms with van der Waals surface area (Å²) in [6.07, 6.45) is 2.80. The number of nitrogens with zero attached hydrogens (tertiary/aromatic N) is 2. The maximum Gasteiger partial charge on any atom is 0.206 e. The summed E-state index contributed by atoms with van der Waals surface area (Å²) in [7, 11) is 0. The molecule has 0 spiro atoms. The van der Waals surface area contributed by atoms with Gasteiger partial charge in [-0.25, -0.2) is 9.98 Å². The average molecular weight is 184 g/mol. The lowest BCUT2D eigenvalue weighted by atomic mass is 10.7. The van der Waals surface area contributed by atoms with E-state index < -0.39 is 6.23 Å². The van der Waals surface area contributed by atoms with Gasteiger partial charge in [0.1, 0.15) is 0 Å². The van der Waals surface area contributed by atoms with Crippen LogP contribution in [-0.4, -0.2) is 32.2 Å². The predicted octanol–water partition coefficient (Wildman–Crippen LogP) is 0.243. The minimum Gasteiger partial charge on any atom is -0.371 e. The quantitative estimate of drug-likeness (QED) is 0.584. The molecule has 0 radical (unpaired) electrons. The van der Waals surface area contributed by atoms with Crippen molar-refractivity contribution in [3.8, 4) is 0 Å². The highest BCUT2D eigenvalue weighted by Crippen LogP contribution is 2.16. The number of nitrogens with one attached hydrogen (secondary N) is 2. The van der Waals surface area contributed by atoms with E-state index in [0.717, 1.165) is 0 Å². The molecule has 0 aromatic carbocycles. The van der Waals surface area contributed by atoms with Crippen molar-refractivity contribution in [1.82, 2.24) is 9.97 Å². The Kier molecular flexibility index (Phi) is 2.01. The monoisotopic (exact) mass is 184 g/mol. The molecule has 0 saturated carbocycles. The van der Waals surface area contributed by atoms with Gasteiger partial charge in [-0.1, -0.05) is 11.8 Å². The van der Waals surface area contributed by atoms with Crippen LogP contribution in [-0.2, 0) is 0 Å². The lowest BCUT2D eigenvalue weighted by molar-refractivity contribution is 0.213. The van der Waals surface area contributed by atoms with Gasteiger partial charge in [0.2, 0.25) is 5.95 Å². The Morgan fingerprint density at radius 3 is 3.25 bits per heavy atom. The first-order chi connectivity index (χ1) is 5.84. The molecule has 5 nitrogen and oxygen atoms in total. The molecule has 1 unspecified atom stereocenters. The first-order valence-electron chi connectivity index (χ1n) is 3.49. The fourth-order valence-electron chi connectivity index (χ4n) is 0.867. The zero-order valence-corrected chi connectivity index (χ0v) is 7.01. The number of hydrogen-bond acceptors (Lipinski definition) is 5. The molecule has 0 amide bonds. The summed E-state index contributed by atoms with van der Waals surface area (Å²) in [6.45, 7) is 0. The van der Waals surface area contributed by atoms with Gasteiger partial charge in [0.05, 0.1) is 0 Å². The van der Waals surface area contributed by atoms with E-state index in [1.165, 1.54) is 11.8 Å². The molecule has 64 valence electrons. The van der Waals surface area contributed by atoms with Crippen LogP contribution in [0.1, 0.15) is 0 Å². The molecule has 2 heterocycles. The summed E-state index contributed by atoms with van der Waals surface area (Å²) in [5, 5.41) is 12.7. The van der Waals surface area contributed by atoms with Crippen LogP contribution >= 0.6 is 11.8 Å². The van der Waals surface area contributed by atoms with Gasteiger partial charge in [-0.15, -0.1) is 0 Å². The lowest BCUT2D eigenvalue weighted by Gasteiger charge is -1.98. The van der Waals surface area contributed by atoms with Crippen LogP contribution < -0.4 is 5.32 Å². The van der Waals surface area contributed by atoms with Crippen LogP contribution in [0.2, 0.25) is 0 Å². The Bertz CT molecular complexity index is 284. The Hall–Kier alpha value is -1.01. The summed E-state index contributed by atoms with van der Waals surface area (Å²) in [6, 6.07) is 0. The van der Waals surface area contributed by atoms with Crippen LogP contribution in [0.5, 0.6) is 0 Å². The van der Waals surface area contributed by atoms with Crippen molar-refractivity contribution in [2.24, 2.45) is 4.99 Å². The molecule has 6 heteroatoms. The first kappa shape index (κ1) is 7.63. The third-order valence-corrected chi connectivity index (χ3v) is 2.30. The molecule has 1 aromatic rings. The number of aliphatic hydroxyl groups is 1. The average Bonchev–Trinajstić information content (AvgIpc) is 2.63. The van der Waals surface area contributed by atoms with Crippen LogP contribution in [0.15, 0.2) is 17.4 Å². The van der Waals surface area contributed by atoms with Gasteiger partial charge in [-0.05, 0) is 0 Å². The largest absolute Gasteiger partial charge is 0.371 e. The van der Waals surface area contributed by atoms with Gasteiger partial charge in [-0.2, -0.15) is 0 Å². The third kappa shape index (κ3) is 1.59. The van der Waals surface area contributed by atoms with Crippen LogP contribution in [0.3, 0.4) is 0 Å². The maximum absolute atomic E-state index is 9.05. The summed E-state index contributed by atoms with van der Waals surface area (Å²) < 4.78 is 0. The Balaban J connectivity index is 2.00. The molecular formula is C6H8N4OS. The summed E-state index contributed by atoms with van der Waals surface area (Å²) in [4.78, 5) is 10.8. The minimum absolute atomic E-state index is 0.576. The van der Waals surface area contributed by atoms with Gasteiger partial charge in [-0.3, -0.25) is 0 Å². The number of imidazole rings is 1. The fourth-order valence-corrected chi connectivity index (χ4v) is 1.61. The second kappa shape index (κ2) is 3.16. The standard InChI is InChI=1S/C6H8N4OS/c11-4-3-12-6(9-4)10-5-7-1-2-8-5/h1-2,4,11H,3H2,(H2,7,8,9,10). The van der Waals surface area contributed by atoms with Gasteiger partial charge in [0.25, 0.3) is 0 Å². The lowest BCUT2D eigenvalue weighted by Crippen LogP contribution is -2.06. The van der Waals surface area contributed by atoms with Crippen molar-refractivity contribution >= 4 is 22.9 Å². The topological polar surface area (TPSA) is 73.3 Å². The van der Waals surface area contributed by atoms with Gasteiger partial charge < -0.3 is 15.4 Å². The molecule has 1 aliphatic rings. The minimum atomic E-state index is -0.576. The molecule has 0 saturated heterocycles. The van der Waals surface area contributed by atoms with E-state index in [2.05, 4.69) is 20.3 Å². The molecule has 0 aliphatic carbocycles. The molecule has 1 atom stereocenters. The molecule has 0 bridgehead atoms. The first-order valence-corrected chi connectivity index (χ1v) is 4.48. The zero-order chi connectivity index (χ0) is 8.39. The molecule has 0 fully saturated rings. The van der Waals surface area contributed by atoms with Gasteiger partial charge in [0, 0.05) is 18.1 Å². The summed E-state index contributed by atoms with van der Waals surface area (Å²) >= 11 is 1.48. The Morgan fingerprint density at radius 1 is 1.75 bits per heavy atom. The van der Waals surface area contributed by atoms with E-state index in [1.807, 2.05) is 0 Å². The maximum atomic E-state index is 9.05. The number of aliphatic imine (C=N–C) groups is 1. The Labute approximate surface area is 73.3 Å². The van der Waals surface area contributed by atoms with Crippen molar-refractivity contribution in [2.75, 3.05) is 11.1 Å². The number of aromatic amines is 1. The number of H-pyrrole nitrogens is 1. The van der Waals surface area contributed by atoms with Crippen molar-refractivity contribution in [1.29, 1.82) is 0 Å². The summed E-state index contributed by atoms with van der Waals surface area (Å²) in [5.74, 6) is 1.26. The second-order valence-corrected chi connectivity index (χ2v) is 3.30. The van der Waals surface area contributed by atoms with E-state index in [-0.39, 0.29) is 0 Å². The smallest absolute Gasteiger partial charge is 0.206 e. The van der Waals surface area contributed by atoms with E-state index >= 15 is 0 Å². The molecule has 2 rings (SSSR count). The van der Waals surface area contributed by atoms with Crippen molar-refractivity contribution in [2.45, 2.75) is 6.23 Å². The number of amidine groups is 1. The van der Waals surface area contributed by atoms with Crippen molar-refractivity contribution in [3.63, 3.8) is 0 Å². The van der Waals surface area contributed by atoms with Gasteiger partial charge >= 0.3 is 0 Å². The molecule has 1 aromatic heterocycles. The van der Waals surface area contributed by atoms with Crippen LogP contribution in [0.25, 0.3) is 0 Å². The molecule has 1 aliphatic heterocycles. The van der Waals surface area contributed by atoms with Crippen LogP contribution in [0.4, 0.5) is 5.95 Å². The van der Waals surface area contributed by atoms with Gasteiger partial charge in [0.15, 0.2) is 11.4 Å². The highest BCUT2D eigenvalue weighted by molar-refractivity contribution is 8.14. The zero-order valence-electron chi connectivity index (χ0n) is 6.19. The highest BCUT2D eigenvalue weighted by atomic mass is 32.2.